The SMILES string of the molecule is COCC(N)c1cccnc1. The molecule has 11 heavy (non-hydrogen) atoms. The van der Waals surface area contributed by atoms with Crippen molar-refractivity contribution in [2.24, 2.45) is 5.73 Å². The van der Waals surface area contributed by atoms with Gasteiger partial charge in [0.15, 0.2) is 0 Å². The van der Waals surface area contributed by atoms with Gasteiger partial charge in [-0.05, 0) is 11.6 Å². The van der Waals surface area contributed by atoms with Crippen LogP contribution in [0.25, 0.3) is 0 Å². The van der Waals surface area contributed by atoms with E-state index in [4.69, 9.17) is 10.5 Å². The summed E-state index contributed by atoms with van der Waals surface area (Å²) in [7, 11) is 1.64. The summed E-state index contributed by atoms with van der Waals surface area (Å²) in [5.74, 6) is 0. The highest BCUT2D eigenvalue weighted by Crippen LogP contribution is 2.06. The van der Waals surface area contributed by atoms with E-state index in [0.29, 0.717) is 6.61 Å². The van der Waals surface area contributed by atoms with Crippen molar-refractivity contribution in [2.45, 2.75) is 6.04 Å². The molecule has 0 saturated heterocycles. The summed E-state index contributed by atoms with van der Waals surface area (Å²) >= 11 is 0. The predicted octanol–water partition coefficient (Wildman–Crippen LogP) is 0.728. The Kier molecular flexibility index (Phi) is 3.01. The van der Waals surface area contributed by atoms with Gasteiger partial charge in [0.2, 0.25) is 0 Å². The molecule has 3 nitrogen and oxygen atoms in total. The summed E-state index contributed by atoms with van der Waals surface area (Å²) in [4.78, 5) is 3.95. The fourth-order valence-corrected chi connectivity index (χ4v) is 0.871. The zero-order valence-electron chi connectivity index (χ0n) is 6.53. The first kappa shape index (κ1) is 8.17. The summed E-state index contributed by atoms with van der Waals surface area (Å²) < 4.78 is 4.91. The lowest BCUT2D eigenvalue weighted by atomic mass is 10.1. The summed E-state index contributed by atoms with van der Waals surface area (Å²) in [5.41, 5.74) is 6.75. The Bertz CT molecular complexity index is 201. The molecule has 0 saturated carbocycles. The normalized spacial score (nSPS) is 12.9. The molecule has 60 valence electrons. The topological polar surface area (TPSA) is 48.1 Å². The van der Waals surface area contributed by atoms with Gasteiger partial charge in [-0.1, -0.05) is 6.07 Å². The molecule has 0 aliphatic rings. The van der Waals surface area contributed by atoms with Crippen molar-refractivity contribution in [3.8, 4) is 0 Å². The molecule has 1 heterocycles. The van der Waals surface area contributed by atoms with E-state index < -0.39 is 0 Å². The van der Waals surface area contributed by atoms with Crippen molar-refractivity contribution in [3.63, 3.8) is 0 Å². The number of nitrogens with two attached hydrogens (primary N) is 1. The van der Waals surface area contributed by atoms with E-state index in [1.54, 1.807) is 19.5 Å². The smallest absolute Gasteiger partial charge is 0.0656 e. The molecule has 0 fully saturated rings. The van der Waals surface area contributed by atoms with E-state index in [1.165, 1.54) is 0 Å². The van der Waals surface area contributed by atoms with Crippen molar-refractivity contribution >= 4 is 0 Å². The van der Waals surface area contributed by atoms with E-state index in [9.17, 15) is 0 Å². The Labute approximate surface area is 66.2 Å². The molecular weight excluding hydrogens is 140 g/mol. The first-order valence-corrected chi connectivity index (χ1v) is 3.49. The molecule has 0 bridgehead atoms. The second-order valence-corrected chi connectivity index (χ2v) is 2.35. The summed E-state index contributed by atoms with van der Waals surface area (Å²) in [6, 6.07) is 3.75. The second-order valence-electron chi connectivity index (χ2n) is 2.35. The van der Waals surface area contributed by atoms with Crippen LogP contribution in [0.4, 0.5) is 0 Å². The minimum absolute atomic E-state index is 0.0614. The largest absolute Gasteiger partial charge is 0.383 e. The fraction of sp³-hybridized carbons (Fsp3) is 0.375. The number of aromatic nitrogens is 1. The maximum absolute atomic E-state index is 5.74. The van der Waals surface area contributed by atoms with E-state index >= 15 is 0 Å². The van der Waals surface area contributed by atoms with Gasteiger partial charge in [0, 0.05) is 19.5 Å². The lowest BCUT2D eigenvalue weighted by Crippen LogP contribution is -2.15. The molecule has 0 radical (unpaired) electrons. The van der Waals surface area contributed by atoms with Gasteiger partial charge in [-0.2, -0.15) is 0 Å². The van der Waals surface area contributed by atoms with Crippen molar-refractivity contribution in [1.29, 1.82) is 0 Å². The summed E-state index contributed by atoms with van der Waals surface area (Å²) in [6.45, 7) is 0.533. The van der Waals surface area contributed by atoms with E-state index in [-0.39, 0.29) is 6.04 Å². The highest BCUT2D eigenvalue weighted by molar-refractivity contribution is 5.12. The zero-order chi connectivity index (χ0) is 8.10. The predicted molar refractivity (Wildman–Crippen MR) is 43.0 cm³/mol. The van der Waals surface area contributed by atoms with Gasteiger partial charge in [-0.15, -0.1) is 0 Å². The van der Waals surface area contributed by atoms with Gasteiger partial charge in [0.05, 0.1) is 12.6 Å². The third-order valence-electron chi connectivity index (χ3n) is 1.46. The molecule has 3 heteroatoms. The van der Waals surface area contributed by atoms with Crippen LogP contribution in [-0.2, 0) is 4.74 Å². The highest BCUT2D eigenvalue weighted by atomic mass is 16.5. The maximum atomic E-state index is 5.74. The number of nitrogens with zero attached hydrogens (tertiary/aromatic N) is 1. The minimum atomic E-state index is -0.0614. The molecule has 1 aromatic heterocycles. The first-order valence-electron chi connectivity index (χ1n) is 3.49. The fourth-order valence-electron chi connectivity index (χ4n) is 0.871. The van der Waals surface area contributed by atoms with Crippen LogP contribution < -0.4 is 5.73 Å². The van der Waals surface area contributed by atoms with Gasteiger partial charge in [-0.3, -0.25) is 4.98 Å². The molecule has 1 rings (SSSR count). The Morgan fingerprint density at radius 2 is 2.55 bits per heavy atom. The van der Waals surface area contributed by atoms with Crippen LogP contribution in [0.3, 0.4) is 0 Å². The number of rotatable bonds is 3. The van der Waals surface area contributed by atoms with Crippen LogP contribution in [0.15, 0.2) is 24.5 Å². The third kappa shape index (κ3) is 2.29. The Balaban J connectivity index is 2.61. The number of ether oxygens (including phenoxy) is 1. The van der Waals surface area contributed by atoms with Crippen molar-refractivity contribution in [1.82, 2.24) is 4.98 Å². The molecule has 0 aliphatic carbocycles. The molecule has 1 aromatic rings. The third-order valence-corrected chi connectivity index (χ3v) is 1.46. The number of methoxy groups -OCH3 is 1. The van der Waals surface area contributed by atoms with Crippen LogP contribution in [0.2, 0.25) is 0 Å². The summed E-state index contributed by atoms with van der Waals surface area (Å²) in [5, 5.41) is 0. The van der Waals surface area contributed by atoms with E-state index in [2.05, 4.69) is 4.98 Å². The Morgan fingerprint density at radius 3 is 3.09 bits per heavy atom. The van der Waals surface area contributed by atoms with Gasteiger partial charge in [-0.25, -0.2) is 0 Å². The van der Waals surface area contributed by atoms with Crippen LogP contribution in [0, 0.1) is 0 Å². The summed E-state index contributed by atoms with van der Waals surface area (Å²) in [6.07, 6.45) is 3.48. The highest BCUT2D eigenvalue weighted by Gasteiger charge is 2.03. The van der Waals surface area contributed by atoms with Crippen LogP contribution in [0.1, 0.15) is 11.6 Å². The van der Waals surface area contributed by atoms with Gasteiger partial charge < -0.3 is 10.5 Å². The quantitative estimate of drug-likeness (QED) is 0.694. The van der Waals surface area contributed by atoms with E-state index in [1.807, 2.05) is 12.1 Å². The van der Waals surface area contributed by atoms with Crippen LogP contribution in [0.5, 0.6) is 0 Å². The van der Waals surface area contributed by atoms with E-state index in [0.717, 1.165) is 5.56 Å². The number of pyridine rings is 1. The number of hydrogen-bond acceptors (Lipinski definition) is 3. The molecule has 0 spiro atoms. The van der Waals surface area contributed by atoms with Crippen LogP contribution >= 0.6 is 0 Å². The Hall–Kier alpha value is -0.930. The molecule has 0 amide bonds. The lowest BCUT2D eigenvalue weighted by Gasteiger charge is -2.08. The van der Waals surface area contributed by atoms with Crippen molar-refractivity contribution < 1.29 is 4.74 Å². The zero-order valence-corrected chi connectivity index (χ0v) is 6.53. The average Bonchev–Trinajstić information content (AvgIpc) is 2.07. The van der Waals surface area contributed by atoms with Gasteiger partial charge in [0.25, 0.3) is 0 Å². The van der Waals surface area contributed by atoms with Gasteiger partial charge >= 0.3 is 0 Å². The molecule has 2 N–H and O–H groups in total. The van der Waals surface area contributed by atoms with Gasteiger partial charge in [0.1, 0.15) is 0 Å². The molecular formula is C8H12N2O. The monoisotopic (exact) mass is 152 g/mol. The van der Waals surface area contributed by atoms with Crippen molar-refractivity contribution in [2.75, 3.05) is 13.7 Å². The first-order chi connectivity index (χ1) is 5.34. The second kappa shape index (κ2) is 4.05. The standard InChI is InChI=1S/C8H12N2O/c1-11-6-8(9)7-3-2-4-10-5-7/h2-5,8H,6,9H2,1H3. The maximum Gasteiger partial charge on any atom is 0.0656 e. The molecule has 1 atom stereocenters. The Morgan fingerprint density at radius 1 is 1.73 bits per heavy atom. The number of hydrogen-bond donors (Lipinski definition) is 1. The lowest BCUT2D eigenvalue weighted by molar-refractivity contribution is 0.181. The molecule has 0 aliphatic heterocycles. The minimum Gasteiger partial charge on any atom is -0.383 e. The van der Waals surface area contributed by atoms with Crippen LogP contribution in [-0.4, -0.2) is 18.7 Å². The average molecular weight is 152 g/mol. The molecule has 0 aromatic carbocycles. The van der Waals surface area contributed by atoms with Crippen molar-refractivity contribution in [3.05, 3.63) is 30.1 Å². The molecule has 1 unspecified atom stereocenters.